The van der Waals surface area contributed by atoms with Crippen LogP contribution in [-0.4, -0.2) is 30.8 Å². The first-order valence-electron chi connectivity index (χ1n) is 10.1. The lowest BCUT2D eigenvalue weighted by Gasteiger charge is -2.08. The summed E-state index contributed by atoms with van der Waals surface area (Å²) in [6, 6.07) is 7.65. The molecule has 1 aromatic carbocycles. The van der Waals surface area contributed by atoms with E-state index in [0.717, 1.165) is 18.7 Å². The van der Waals surface area contributed by atoms with Gasteiger partial charge in [0.25, 0.3) is 11.8 Å². The molecule has 5 rings (SSSR count). The van der Waals surface area contributed by atoms with Crippen molar-refractivity contribution in [1.29, 1.82) is 0 Å². The smallest absolute Gasteiger partial charge is 0.259 e. The van der Waals surface area contributed by atoms with Crippen LogP contribution in [0, 0.1) is 12.7 Å². The Morgan fingerprint density at radius 3 is 2.84 bits per heavy atom. The number of benzene rings is 1. The summed E-state index contributed by atoms with van der Waals surface area (Å²) in [7, 11) is 0. The van der Waals surface area contributed by atoms with Crippen LogP contribution in [0.3, 0.4) is 0 Å². The maximum absolute atomic E-state index is 13.2. The molecule has 0 radical (unpaired) electrons. The Labute approximate surface area is 187 Å². The molecule has 0 aliphatic heterocycles. The molecule has 0 saturated heterocycles. The number of carbonyl (C=O) groups is 1. The van der Waals surface area contributed by atoms with Crippen LogP contribution in [-0.2, 0) is 6.54 Å². The minimum absolute atomic E-state index is 0.169. The van der Waals surface area contributed by atoms with Gasteiger partial charge in [-0.05, 0) is 49.6 Å². The van der Waals surface area contributed by atoms with Crippen molar-refractivity contribution in [3.8, 4) is 17.3 Å². The second-order valence-corrected chi connectivity index (χ2v) is 8.02. The summed E-state index contributed by atoms with van der Waals surface area (Å²) in [4.78, 5) is 21.5. The Morgan fingerprint density at radius 1 is 1.28 bits per heavy atom. The number of nitrogens with zero attached hydrogens (tertiary/aromatic N) is 5. The molecule has 10 heteroatoms. The number of aromatic nitrogens is 5. The Bertz CT molecular complexity index is 1300. The molecule has 1 amide bonds. The number of hydrogen-bond acceptors (Lipinski definition) is 6. The zero-order chi connectivity index (χ0) is 22.2. The highest BCUT2D eigenvalue weighted by Crippen LogP contribution is 2.38. The van der Waals surface area contributed by atoms with E-state index in [1.54, 1.807) is 23.9 Å². The first-order chi connectivity index (χ1) is 15.5. The van der Waals surface area contributed by atoms with E-state index >= 15 is 0 Å². The van der Waals surface area contributed by atoms with Gasteiger partial charge in [-0.1, -0.05) is 22.8 Å². The molecule has 4 aromatic rings. The molecule has 0 atom stereocenters. The lowest BCUT2D eigenvalue weighted by atomic mass is 10.2. The van der Waals surface area contributed by atoms with Gasteiger partial charge in [-0.15, -0.1) is 0 Å². The van der Waals surface area contributed by atoms with Crippen LogP contribution in [0.4, 0.5) is 4.39 Å². The van der Waals surface area contributed by atoms with Crippen molar-refractivity contribution in [2.24, 2.45) is 0 Å². The largest absolute Gasteiger partial charge is 0.348 e. The molecule has 3 heterocycles. The first-order valence-corrected chi connectivity index (χ1v) is 10.4. The summed E-state index contributed by atoms with van der Waals surface area (Å²) in [6.45, 7) is 1.95. The van der Waals surface area contributed by atoms with Crippen LogP contribution in [0.1, 0.15) is 46.2 Å². The number of hydrogen-bond donors (Lipinski definition) is 1. The molecule has 1 aliphatic rings. The highest BCUT2D eigenvalue weighted by atomic mass is 35.5. The van der Waals surface area contributed by atoms with Crippen molar-refractivity contribution < 1.29 is 13.7 Å². The van der Waals surface area contributed by atoms with E-state index in [2.05, 4.69) is 25.5 Å². The molecular formula is C22H18ClFN6O2. The molecule has 1 saturated carbocycles. The summed E-state index contributed by atoms with van der Waals surface area (Å²) >= 11 is 6.02. The van der Waals surface area contributed by atoms with Crippen molar-refractivity contribution in [1.82, 2.24) is 30.2 Å². The fourth-order valence-electron chi connectivity index (χ4n) is 3.30. The third-order valence-corrected chi connectivity index (χ3v) is 5.66. The highest BCUT2D eigenvalue weighted by molar-refractivity contribution is 6.31. The number of amides is 1. The van der Waals surface area contributed by atoms with E-state index in [-0.39, 0.29) is 17.5 Å². The molecule has 162 valence electrons. The fourth-order valence-corrected chi connectivity index (χ4v) is 3.53. The van der Waals surface area contributed by atoms with E-state index in [9.17, 15) is 9.18 Å². The normalized spacial score (nSPS) is 13.3. The average Bonchev–Trinajstić information content (AvgIpc) is 3.39. The van der Waals surface area contributed by atoms with E-state index in [0.29, 0.717) is 40.0 Å². The quantitative estimate of drug-likeness (QED) is 0.470. The number of pyridine rings is 1. The van der Waals surface area contributed by atoms with Crippen molar-refractivity contribution in [2.75, 3.05) is 0 Å². The standard InChI is InChI=1S/C22H18ClFN6O2/c1-12-17(21(31)26-9-14-4-6-16(24)8-18(14)23)11-27-30(12)19-7-5-15(10-25-19)22-28-20(29-32-22)13-2-3-13/h4-8,10-11,13H,2-3,9H2,1H3,(H,26,31). The third kappa shape index (κ3) is 3.99. The van der Waals surface area contributed by atoms with Gasteiger partial charge in [0.2, 0.25) is 0 Å². The van der Waals surface area contributed by atoms with Crippen LogP contribution >= 0.6 is 11.6 Å². The number of rotatable bonds is 6. The zero-order valence-electron chi connectivity index (χ0n) is 17.0. The van der Waals surface area contributed by atoms with Gasteiger partial charge in [-0.25, -0.2) is 14.1 Å². The minimum Gasteiger partial charge on any atom is -0.348 e. The monoisotopic (exact) mass is 452 g/mol. The van der Waals surface area contributed by atoms with Crippen molar-refractivity contribution in [2.45, 2.75) is 32.2 Å². The fraction of sp³-hybridized carbons (Fsp3) is 0.227. The van der Waals surface area contributed by atoms with Gasteiger partial charge in [0.15, 0.2) is 11.6 Å². The number of halogens is 2. The lowest BCUT2D eigenvalue weighted by molar-refractivity contribution is 0.0950. The van der Waals surface area contributed by atoms with Gasteiger partial charge >= 0.3 is 0 Å². The third-order valence-electron chi connectivity index (χ3n) is 5.30. The van der Waals surface area contributed by atoms with Gasteiger partial charge in [0.1, 0.15) is 5.82 Å². The predicted molar refractivity (Wildman–Crippen MR) is 114 cm³/mol. The van der Waals surface area contributed by atoms with Crippen LogP contribution in [0.5, 0.6) is 0 Å². The summed E-state index contributed by atoms with van der Waals surface area (Å²) in [5.74, 6) is 1.39. The molecule has 8 nitrogen and oxygen atoms in total. The van der Waals surface area contributed by atoms with Crippen LogP contribution in [0.15, 0.2) is 47.2 Å². The number of carbonyl (C=O) groups excluding carboxylic acids is 1. The van der Waals surface area contributed by atoms with Crippen molar-refractivity contribution >= 4 is 17.5 Å². The number of nitrogens with one attached hydrogen (secondary N) is 1. The Balaban J connectivity index is 1.30. The molecule has 3 aromatic heterocycles. The van der Waals surface area contributed by atoms with Gasteiger partial charge in [0, 0.05) is 23.7 Å². The predicted octanol–water partition coefficient (Wildman–Crippen LogP) is 4.23. The molecule has 0 spiro atoms. The second-order valence-electron chi connectivity index (χ2n) is 7.61. The Morgan fingerprint density at radius 2 is 2.12 bits per heavy atom. The molecule has 0 bridgehead atoms. The summed E-state index contributed by atoms with van der Waals surface area (Å²) in [5.41, 5.74) is 2.36. The second kappa shape index (κ2) is 8.16. The van der Waals surface area contributed by atoms with Gasteiger partial charge in [-0.3, -0.25) is 4.79 Å². The summed E-state index contributed by atoms with van der Waals surface area (Å²) in [6.07, 6.45) is 5.31. The minimum atomic E-state index is -0.428. The van der Waals surface area contributed by atoms with Gasteiger partial charge in [0.05, 0.1) is 23.0 Å². The Hall–Kier alpha value is -3.59. The molecule has 1 N–H and O–H groups in total. The maximum Gasteiger partial charge on any atom is 0.259 e. The maximum atomic E-state index is 13.2. The van der Waals surface area contributed by atoms with E-state index in [4.69, 9.17) is 16.1 Å². The molecule has 1 aliphatic carbocycles. The first kappa shape index (κ1) is 20.3. The summed E-state index contributed by atoms with van der Waals surface area (Å²) in [5, 5.41) is 11.4. The van der Waals surface area contributed by atoms with Crippen molar-refractivity contribution in [3.05, 3.63) is 76.2 Å². The van der Waals surface area contributed by atoms with Crippen LogP contribution in [0.25, 0.3) is 17.3 Å². The zero-order valence-corrected chi connectivity index (χ0v) is 17.8. The topological polar surface area (TPSA) is 98.7 Å². The average molecular weight is 453 g/mol. The lowest BCUT2D eigenvalue weighted by Crippen LogP contribution is -2.23. The molecule has 1 fully saturated rings. The van der Waals surface area contributed by atoms with Gasteiger partial charge in [-0.2, -0.15) is 10.1 Å². The van der Waals surface area contributed by atoms with Gasteiger partial charge < -0.3 is 9.84 Å². The highest BCUT2D eigenvalue weighted by Gasteiger charge is 2.29. The van der Waals surface area contributed by atoms with E-state index < -0.39 is 5.82 Å². The molecular weight excluding hydrogens is 435 g/mol. The van der Waals surface area contributed by atoms with E-state index in [1.807, 2.05) is 6.07 Å². The van der Waals surface area contributed by atoms with Crippen molar-refractivity contribution in [3.63, 3.8) is 0 Å². The Kier molecular flexibility index (Phi) is 5.18. The SMILES string of the molecule is Cc1c(C(=O)NCc2ccc(F)cc2Cl)cnn1-c1ccc(-c2nc(C3CC3)no2)cn1. The van der Waals surface area contributed by atoms with E-state index in [1.165, 1.54) is 24.4 Å². The molecule has 0 unspecified atom stereocenters. The summed E-state index contributed by atoms with van der Waals surface area (Å²) < 4.78 is 20.1. The van der Waals surface area contributed by atoms with Crippen LogP contribution < -0.4 is 5.32 Å². The molecule has 32 heavy (non-hydrogen) atoms. The van der Waals surface area contributed by atoms with Crippen LogP contribution in [0.2, 0.25) is 5.02 Å².